The van der Waals surface area contributed by atoms with Crippen molar-refractivity contribution in [1.29, 1.82) is 0 Å². The molecule has 0 amide bonds. The molecule has 1 aromatic rings. The van der Waals surface area contributed by atoms with Crippen LogP contribution in [0.3, 0.4) is 0 Å². The summed E-state index contributed by atoms with van der Waals surface area (Å²) in [5.41, 5.74) is 1.81. The summed E-state index contributed by atoms with van der Waals surface area (Å²) in [6, 6.07) is 3.77. The quantitative estimate of drug-likeness (QED) is 0.920. The molecule has 0 spiro atoms. The number of rotatable bonds is 4. The summed E-state index contributed by atoms with van der Waals surface area (Å²) in [6.07, 6.45) is 2.33. The Morgan fingerprint density at radius 2 is 1.95 bits per heavy atom. The molecule has 2 atom stereocenters. The van der Waals surface area contributed by atoms with E-state index < -0.39 is 0 Å². The molecule has 0 aromatic carbocycles. The number of aliphatic hydroxyl groups is 1. The van der Waals surface area contributed by atoms with Gasteiger partial charge in [0.15, 0.2) is 0 Å². The molecule has 2 unspecified atom stereocenters. The highest BCUT2D eigenvalue weighted by Gasteiger charge is 2.26. The van der Waals surface area contributed by atoms with Crippen LogP contribution in [-0.4, -0.2) is 28.4 Å². The van der Waals surface area contributed by atoms with Crippen molar-refractivity contribution in [3.63, 3.8) is 0 Å². The monoisotopic (exact) mass is 279 g/mol. The fraction of sp³-hybridized carbons (Fsp3) is 0.688. The molecule has 20 heavy (non-hydrogen) atoms. The van der Waals surface area contributed by atoms with E-state index in [0.29, 0.717) is 11.8 Å². The molecule has 0 aliphatic carbocycles. The number of hydrogen-bond donors (Lipinski definition) is 1. The van der Waals surface area contributed by atoms with E-state index in [-0.39, 0.29) is 24.9 Å². The van der Waals surface area contributed by atoms with Crippen molar-refractivity contribution in [2.24, 2.45) is 0 Å². The maximum Gasteiger partial charge on any atom is 0.214 e. The summed E-state index contributed by atoms with van der Waals surface area (Å²) in [5.74, 6) is 0.933. The van der Waals surface area contributed by atoms with Crippen LogP contribution in [0.15, 0.2) is 12.1 Å². The van der Waals surface area contributed by atoms with E-state index in [1.807, 2.05) is 12.1 Å². The van der Waals surface area contributed by atoms with Crippen molar-refractivity contribution >= 4 is 0 Å². The van der Waals surface area contributed by atoms with E-state index in [9.17, 15) is 5.11 Å². The van der Waals surface area contributed by atoms with Crippen LogP contribution >= 0.6 is 0 Å². The van der Waals surface area contributed by atoms with Crippen molar-refractivity contribution in [3.8, 4) is 5.88 Å². The van der Waals surface area contributed by atoms with Crippen molar-refractivity contribution in [2.45, 2.75) is 71.4 Å². The van der Waals surface area contributed by atoms with Gasteiger partial charge in [-0.15, -0.1) is 0 Å². The van der Waals surface area contributed by atoms with Gasteiger partial charge in [0.25, 0.3) is 0 Å². The molecule has 1 N–H and O–H groups in total. The third-order valence-corrected chi connectivity index (χ3v) is 3.60. The van der Waals surface area contributed by atoms with Crippen LogP contribution in [0, 0.1) is 0 Å². The lowest BCUT2D eigenvalue weighted by Crippen LogP contribution is -2.35. The van der Waals surface area contributed by atoms with Crippen LogP contribution in [-0.2, 0) is 11.3 Å². The van der Waals surface area contributed by atoms with Crippen LogP contribution in [0.2, 0.25) is 0 Å². The second-order valence-corrected chi connectivity index (χ2v) is 6.02. The molecule has 2 heterocycles. The van der Waals surface area contributed by atoms with Crippen LogP contribution in [0.1, 0.15) is 57.7 Å². The molecular weight excluding hydrogens is 254 g/mol. The topological polar surface area (TPSA) is 51.6 Å². The Morgan fingerprint density at radius 1 is 1.30 bits per heavy atom. The zero-order chi connectivity index (χ0) is 14.7. The summed E-state index contributed by atoms with van der Waals surface area (Å²) in [5, 5.41) is 9.35. The van der Waals surface area contributed by atoms with Gasteiger partial charge in [-0.2, -0.15) is 0 Å². The largest absolute Gasteiger partial charge is 0.474 e. The lowest BCUT2D eigenvalue weighted by molar-refractivity contribution is -0.0730. The minimum Gasteiger partial charge on any atom is -0.474 e. The summed E-state index contributed by atoms with van der Waals surface area (Å²) in [7, 11) is 0. The van der Waals surface area contributed by atoms with Gasteiger partial charge in [0, 0.05) is 24.6 Å². The van der Waals surface area contributed by atoms with Gasteiger partial charge < -0.3 is 14.6 Å². The van der Waals surface area contributed by atoms with Crippen LogP contribution in [0.25, 0.3) is 0 Å². The molecule has 1 aliphatic heterocycles. The van der Waals surface area contributed by atoms with Gasteiger partial charge in [0.1, 0.15) is 6.10 Å². The molecule has 2 rings (SSSR count). The van der Waals surface area contributed by atoms with Crippen molar-refractivity contribution in [2.75, 3.05) is 0 Å². The Kier molecular flexibility index (Phi) is 5.00. The molecule has 1 saturated heterocycles. The fourth-order valence-corrected chi connectivity index (χ4v) is 2.64. The lowest BCUT2D eigenvalue weighted by atomic mass is 10.0. The number of aliphatic hydroxyl groups excluding tert-OH is 1. The van der Waals surface area contributed by atoms with Crippen molar-refractivity contribution < 1.29 is 14.6 Å². The molecule has 4 heteroatoms. The minimum atomic E-state index is 0.0131. The highest BCUT2D eigenvalue weighted by atomic mass is 16.5. The minimum absolute atomic E-state index is 0.0131. The van der Waals surface area contributed by atoms with Crippen molar-refractivity contribution in [3.05, 3.63) is 23.4 Å². The molecular formula is C16H25NO3. The average Bonchev–Trinajstić information content (AvgIpc) is 2.36. The van der Waals surface area contributed by atoms with Gasteiger partial charge in [-0.25, -0.2) is 4.98 Å². The molecule has 0 saturated carbocycles. The third-order valence-electron chi connectivity index (χ3n) is 3.60. The Labute approximate surface area is 121 Å². The standard InChI is InChI=1S/C16H25NO3/c1-10(2)15-7-13(9-18)8-16(17-15)20-14-5-11(3)19-12(4)6-14/h7-8,10-12,14,18H,5-6,9H2,1-4H3. The molecule has 4 nitrogen and oxygen atoms in total. The summed E-state index contributed by atoms with van der Waals surface area (Å²) in [6.45, 7) is 8.34. The normalized spacial score (nSPS) is 26.8. The Hall–Kier alpha value is -1.13. The second-order valence-electron chi connectivity index (χ2n) is 6.02. The summed E-state index contributed by atoms with van der Waals surface area (Å²) < 4.78 is 11.7. The number of nitrogens with zero attached hydrogens (tertiary/aromatic N) is 1. The highest BCUT2D eigenvalue weighted by molar-refractivity contribution is 5.26. The average molecular weight is 279 g/mol. The predicted octanol–water partition coefficient (Wildman–Crippen LogP) is 3.03. The maximum absolute atomic E-state index is 9.35. The van der Waals surface area contributed by atoms with Gasteiger partial charge in [-0.1, -0.05) is 13.8 Å². The first-order valence-corrected chi connectivity index (χ1v) is 7.41. The zero-order valence-electron chi connectivity index (χ0n) is 12.8. The van der Waals surface area contributed by atoms with Crippen molar-refractivity contribution in [1.82, 2.24) is 4.98 Å². The molecule has 1 fully saturated rings. The van der Waals surface area contributed by atoms with Crippen LogP contribution in [0.4, 0.5) is 0 Å². The predicted molar refractivity (Wildman–Crippen MR) is 77.9 cm³/mol. The van der Waals surface area contributed by atoms with Gasteiger partial charge in [0.2, 0.25) is 5.88 Å². The van der Waals surface area contributed by atoms with E-state index in [2.05, 4.69) is 32.7 Å². The molecule has 112 valence electrons. The smallest absolute Gasteiger partial charge is 0.214 e. The maximum atomic E-state index is 9.35. The van der Waals surface area contributed by atoms with Crippen LogP contribution < -0.4 is 4.74 Å². The van der Waals surface area contributed by atoms with Gasteiger partial charge in [-0.3, -0.25) is 0 Å². The second kappa shape index (κ2) is 6.55. The first kappa shape index (κ1) is 15.3. The first-order chi connectivity index (χ1) is 9.47. The number of pyridine rings is 1. The van der Waals surface area contributed by atoms with E-state index in [0.717, 1.165) is 24.1 Å². The first-order valence-electron chi connectivity index (χ1n) is 7.41. The fourth-order valence-electron chi connectivity index (χ4n) is 2.64. The summed E-state index contributed by atoms with van der Waals surface area (Å²) >= 11 is 0. The zero-order valence-corrected chi connectivity index (χ0v) is 12.8. The van der Waals surface area contributed by atoms with E-state index in [1.54, 1.807) is 0 Å². The molecule has 0 radical (unpaired) electrons. The number of aromatic nitrogens is 1. The molecule has 1 aliphatic rings. The Balaban J connectivity index is 2.13. The molecule has 1 aromatic heterocycles. The van der Waals surface area contributed by atoms with E-state index in [4.69, 9.17) is 9.47 Å². The van der Waals surface area contributed by atoms with E-state index in [1.165, 1.54) is 0 Å². The Bertz CT molecular complexity index is 437. The highest BCUT2D eigenvalue weighted by Crippen LogP contribution is 2.25. The van der Waals surface area contributed by atoms with E-state index >= 15 is 0 Å². The van der Waals surface area contributed by atoms with Gasteiger partial charge in [0.05, 0.1) is 18.8 Å². The van der Waals surface area contributed by atoms with Gasteiger partial charge >= 0.3 is 0 Å². The number of hydrogen-bond acceptors (Lipinski definition) is 4. The third kappa shape index (κ3) is 3.93. The van der Waals surface area contributed by atoms with Crippen LogP contribution in [0.5, 0.6) is 5.88 Å². The summed E-state index contributed by atoms with van der Waals surface area (Å²) in [4.78, 5) is 4.55. The SMILES string of the molecule is CC1CC(Oc2cc(CO)cc(C(C)C)n2)CC(C)O1. The lowest BCUT2D eigenvalue weighted by Gasteiger charge is -2.32. The Morgan fingerprint density at radius 3 is 2.50 bits per heavy atom. The number of ether oxygens (including phenoxy) is 2. The molecule has 0 bridgehead atoms. The van der Waals surface area contributed by atoms with Gasteiger partial charge in [-0.05, 0) is 31.4 Å².